The summed E-state index contributed by atoms with van der Waals surface area (Å²) in [5.74, 6) is -1.05. The van der Waals surface area contributed by atoms with Crippen molar-refractivity contribution >= 4 is 11.7 Å². The third-order valence-corrected chi connectivity index (χ3v) is 2.77. The van der Waals surface area contributed by atoms with Gasteiger partial charge in [0.25, 0.3) is 0 Å². The molecule has 6 nitrogen and oxygen atoms in total. The minimum absolute atomic E-state index is 0.000475. The number of hydrogen-bond acceptors (Lipinski definition) is 5. The number of carbonyl (C=O) groups excluding carboxylic acids is 1. The Morgan fingerprint density at radius 1 is 1.43 bits per heavy atom. The van der Waals surface area contributed by atoms with Crippen molar-refractivity contribution in [1.82, 2.24) is 9.78 Å². The van der Waals surface area contributed by atoms with Crippen LogP contribution in [0.25, 0.3) is 0 Å². The highest BCUT2D eigenvalue weighted by Gasteiger charge is 2.17. The molecule has 7 heteroatoms. The zero-order valence-electron chi connectivity index (χ0n) is 12.0. The number of benzene rings is 1. The number of anilines is 1. The first kappa shape index (κ1) is 14.8. The molecule has 0 fully saturated rings. The van der Waals surface area contributed by atoms with Crippen LogP contribution in [0.4, 0.5) is 10.1 Å². The molecule has 0 aliphatic heterocycles. The number of nitrogen functional groups attached to an aromatic ring is 1. The van der Waals surface area contributed by atoms with Gasteiger partial charge in [0, 0.05) is 30.9 Å². The molecule has 0 aliphatic rings. The molecule has 0 spiro atoms. The number of ether oxygens (including phenoxy) is 2. The van der Waals surface area contributed by atoms with Gasteiger partial charge in [-0.2, -0.15) is 5.10 Å². The Hall–Kier alpha value is -2.57. The smallest absolute Gasteiger partial charge is 0.340 e. The largest absolute Gasteiger partial charge is 0.462 e. The maximum atomic E-state index is 13.9. The van der Waals surface area contributed by atoms with Crippen LogP contribution in [-0.4, -0.2) is 22.4 Å². The van der Waals surface area contributed by atoms with Crippen molar-refractivity contribution in [2.24, 2.45) is 7.05 Å². The van der Waals surface area contributed by atoms with Crippen LogP contribution >= 0.6 is 0 Å². The van der Waals surface area contributed by atoms with E-state index in [1.54, 1.807) is 27.0 Å². The number of esters is 1. The molecule has 21 heavy (non-hydrogen) atoms. The number of nitrogens with zero attached hydrogens (tertiary/aromatic N) is 2. The minimum atomic E-state index is -0.667. The Bertz CT molecular complexity index is 682. The maximum Gasteiger partial charge on any atom is 0.340 e. The van der Waals surface area contributed by atoms with Crippen molar-refractivity contribution in [2.75, 3.05) is 12.3 Å². The van der Waals surface area contributed by atoms with Gasteiger partial charge in [-0.15, -0.1) is 0 Å². The van der Waals surface area contributed by atoms with E-state index < -0.39 is 11.8 Å². The highest BCUT2D eigenvalue weighted by atomic mass is 19.1. The summed E-state index contributed by atoms with van der Waals surface area (Å²) < 4.78 is 25.7. The van der Waals surface area contributed by atoms with E-state index in [9.17, 15) is 9.18 Å². The lowest BCUT2D eigenvalue weighted by atomic mass is 10.1. The normalized spacial score (nSPS) is 10.5. The molecule has 0 aliphatic carbocycles. The number of nitrogens with two attached hydrogens (primary N) is 1. The van der Waals surface area contributed by atoms with E-state index in [2.05, 4.69) is 5.10 Å². The molecule has 0 atom stereocenters. The van der Waals surface area contributed by atoms with Crippen molar-refractivity contribution in [3.05, 3.63) is 35.3 Å². The Morgan fingerprint density at radius 3 is 2.71 bits per heavy atom. The predicted molar refractivity (Wildman–Crippen MR) is 74.8 cm³/mol. The van der Waals surface area contributed by atoms with Crippen LogP contribution in [0.15, 0.2) is 18.2 Å². The molecule has 0 unspecified atom stereocenters. The van der Waals surface area contributed by atoms with Gasteiger partial charge in [0.05, 0.1) is 17.9 Å². The maximum absolute atomic E-state index is 13.9. The second-order valence-corrected chi connectivity index (χ2v) is 4.44. The zero-order chi connectivity index (χ0) is 15.6. The average molecular weight is 293 g/mol. The molecule has 0 bridgehead atoms. The van der Waals surface area contributed by atoms with E-state index in [1.165, 1.54) is 10.7 Å². The molecule has 0 saturated carbocycles. The molecule has 112 valence electrons. The van der Waals surface area contributed by atoms with E-state index in [0.717, 1.165) is 11.8 Å². The third-order valence-electron chi connectivity index (χ3n) is 2.77. The Balaban J connectivity index is 2.37. The molecule has 1 aromatic carbocycles. The lowest BCUT2D eigenvalue weighted by molar-refractivity contribution is 0.0527. The quantitative estimate of drug-likeness (QED) is 0.691. The van der Waals surface area contributed by atoms with Crippen LogP contribution < -0.4 is 10.5 Å². The van der Waals surface area contributed by atoms with Crippen molar-refractivity contribution < 1.29 is 18.7 Å². The monoisotopic (exact) mass is 293 g/mol. The van der Waals surface area contributed by atoms with Gasteiger partial charge >= 0.3 is 5.97 Å². The summed E-state index contributed by atoms with van der Waals surface area (Å²) >= 11 is 0. The van der Waals surface area contributed by atoms with E-state index in [-0.39, 0.29) is 23.6 Å². The molecular formula is C14H16FN3O3. The third kappa shape index (κ3) is 3.13. The molecule has 0 radical (unpaired) electrons. The van der Waals surface area contributed by atoms with Gasteiger partial charge in [-0.3, -0.25) is 0 Å². The summed E-state index contributed by atoms with van der Waals surface area (Å²) in [5.41, 5.74) is 6.43. The summed E-state index contributed by atoms with van der Waals surface area (Å²) in [4.78, 5) is 11.8. The Labute approximate surface area is 121 Å². The summed E-state index contributed by atoms with van der Waals surface area (Å²) in [6, 6.07) is 3.91. The fourth-order valence-corrected chi connectivity index (χ4v) is 1.83. The second kappa shape index (κ2) is 5.82. The number of aromatic nitrogens is 2. The lowest BCUT2D eigenvalue weighted by Crippen LogP contribution is -2.09. The topological polar surface area (TPSA) is 79.4 Å². The fraction of sp³-hybridized carbons (Fsp3) is 0.286. The summed E-state index contributed by atoms with van der Waals surface area (Å²) in [5, 5.41) is 4.09. The highest BCUT2D eigenvalue weighted by molar-refractivity contribution is 5.95. The summed E-state index contributed by atoms with van der Waals surface area (Å²) in [7, 11) is 1.67. The van der Waals surface area contributed by atoms with Gasteiger partial charge in [0.1, 0.15) is 0 Å². The molecular weight excluding hydrogens is 277 g/mol. The van der Waals surface area contributed by atoms with Crippen LogP contribution in [0.3, 0.4) is 0 Å². The van der Waals surface area contributed by atoms with E-state index in [0.29, 0.717) is 5.88 Å². The summed E-state index contributed by atoms with van der Waals surface area (Å²) in [6.45, 7) is 3.66. The molecule has 0 saturated heterocycles. The van der Waals surface area contributed by atoms with Crippen molar-refractivity contribution in [3.63, 3.8) is 0 Å². The van der Waals surface area contributed by atoms with E-state index >= 15 is 0 Å². The molecule has 1 heterocycles. The first-order chi connectivity index (χ1) is 9.92. The van der Waals surface area contributed by atoms with Crippen molar-refractivity contribution in [2.45, 2.75) is 13.8 Å². The van der Waals surface area contributed by atoms with Crippen LogP contribution in [-0.2, 0) is 11.8 Å². The number of aryl methyl sites for hydroxylation is 2. The van der Waals surface area contributed by atoms with E-state index in [4.69, 9.17) is 15.2 Å². The first-order valence-corrected chi connectivity index (χ1v) is 6.37. The number of halogens is 1. The van der Waals surface area contributed by atoms with Gasteiger partial charge in [0.2, 0.25) is 5.88 Å². The van der Waals surface area contributed by atoms with Crippen LogP contribution in [0.5, 0.6) is 11.6 Å². The molecule has 0 amide bonds. The summed E-state index contributed by atoms with van der Waals surface area (Å²) in [6.07, 6.45) is 0. The highest BCUT2D eigenvalue weighted by Crippen LogP contribution is 2.29. The molecule has 1 aromatic heterocycles. The number of rotatable bonds is 4. The van der Waals surface area contributed by atoms with Crippen LogP contribution in [0, 0.1) is 12.7 Å². The SMILES string of the molecule is CCOC(=O)c1cc(Oc2cc(C)nn2C)c(F)cc1N. The van der Waals surface area contributed by atoms with Gasteiger partial charge in [-0.25, -0.2) is 13.9 Å². The lowest BCUT2D eigenvalue weighted by Gasteiger charge is -2.10. The Kier molecular flexibility index (Phi) is 4.11. The van der Waals surface area contributed by atoms with Gasteiger partial charge in [0.15, 0.2) is 11.6 Å². The molecule has 2 rings (SSSR count). The van der Waals surface area contributed by atoms with Crippen molar-refractivity contribution in [3.8, 4) is 11.6 Å². The second-order valence-electron chi connectivity index (χ2n) is 4.44. The predicted octanol–water partition coefficient (Wildman–Crippen LogP) is 2.42. The fourth-order valence-electron chi connectivity index (χ4n) is 1.83. The molecule has 2 N–H and O–H groups in total. The first-order valence-electron chi connectivity index (χ1n) is 6.37. The van der Waals surface area contributed by atoms with Gasteiger partial charge in [-0.05, 0) is 13.8 Å². The van der Waals surface area contributed by atoms with Crippen LogP contribution in [0.2, 0.25) is 0 Å². The zero-order valence-corrected chi connectivity index (χ0v) is 12.0. The van der Waals surface area contributed by atoms with E-state index in [1.807, 2.05) is 0 Å². The minimum Gasteiger partial charge on any atom is -0.462 e. The van der Waals surface area contributed by atoms with Gasteiger partial charge < -0.3 is 15.2 Å². The van der Waals surface area contributed by atoms with Gasteiger partial charge in [-0.1, -0.05) is 0 Å². The number of hydrogen-bond donors (Lipinski definition) is 1. The standard InChI is InChI=1S/C14H16FN3O3/c1-4-20-14(19)9-6-12(10(15)7-11(9)16)21-13-5-8(2)17-18(13)3/h5-7H,4,16H2,1-3H3. The molecule has 2 aromatic rings. The Morgan fingerprint density at radius 2 is 2.14 bits per heavy atom. The number of carbonyl (C=O) groups is 1. The van der Waals surface area contributed by atoms with Crippen molar-refractivity contribution in [1.29, 1.82) is 0 Å². The average Bonchev–Trinajstić information content (AvgIpc) is 2.71. The van der Waals surface area contributed by atoms with Crippen LogP contribution in [0.1, 0.15) is 23.0 Å².